The van der Waals surface area contributed by atoms with Crippen LogP contribution in [-0.2, 0) is 4.79 Å². The van der Waals surface area contributed by atoms with Crippen molar-refractivity contribution >= 4 is 36.6 Å². The molecule has 0 radical (unpaired) electrons. The predicted molar refractivity (Wildman–Crippen MR) is 98.9 cm³/mol. The molecule has 0 aliphatic carbocycles. The number of carbonyl (C=O) groups excluding carboxylic acids is 2. The Hall–Kier alpha value is -1.37. The van der Waals surface area contributed by atoms with Gasteiger partial charge < -0.3 is 15.5 Å². The van der Waals surface area contributed by atoms with Crippen molar-refractivity contribution < 1.29 is 9.59 Å². The third kappa shape index (κ3) is 6.63. The topological polar surface area (TPSA) is 74.3 Å². The van der Waals surface area contributed by atoms with Gasteiger partial charge in [-0.25, -0.2) is 0 Å². The summed E-state index contributed by atoms with van der Waals surface area (Å²) in [5, 5.41) is 6.01. The Bertz CT molecular complexity index is 502. The Morgan fingerprint density at radius 2 is 1.96 bits per heavy atom. The molecule has 1 unspecified atom stereocenters. The van der Waals surface area contributed by atoms with Crippen LogP contribution in [0.25, 0.3) is 0 Å². The minimum atomic E-state index is -0.103. The van der Waals surface area contributed by atoms with Crippen LogP contribution in [0.15, 0.2) is 24.5 Å². The number of piperidine rings is 1. The number of carbonyl (C=O) groups is 2. The van der Waals surface area contributed by atoms with Gasteiger partial charge in [-0.3, -0.25) is 14.6 Å². The summed E-state index contributed by atoms with van der Waals surface area (Å²) in [7, 11) is 1.89. The standard InChI is InChI=1S/C16H24N4O2.2ClH/c1-17-7-3-8-19-15(21)14-4-2-11-20(12-14)16(22)13-5-9-18-10-6-13;;/h5-6,9-10,14,17H,2-4,7-8,11-12H2,1H3,(H,19,21);2*1H. The number of hydrogen-bond acceptors (Lipinski definition) is 4. The molecule has 1 aromatic heterocycles. The van der Waals surface area contributed by atoms with Gasteiger partial charge in [-0.05, 0) is 45.0 Å². The molecule has 1 aromatic rings. The van der Waals surface area contributed by atoms with E-state index in [0.717, 1.165) is 25.8 Å². The molecule has 0 bridgehead atoms. The Labute approximate surface area is 155 Å². The molecule has 1 aliphatic rings. The van der Waals surface area contributed by atoms with Gasteiger partial charge in [0.1, 0.15) is 0 Å². The largest absolute Gasteiger partial charge is 0.356 e. The van der Waals surface area contributed by atoms with Crippen LogP contribution in [0.2, 0.25) is 0 Å². The molecule has 0 spiro atoms. The molecule has 2 amide bonds. The first-order valence-electron chi connectivity index (χ1n) is 7.84. The van der Waals surface area contributed by atoms with Crippen LogP contribution in [0, 0.1) is 5.92 Å². The fourth-order valence-corrected chi connectivity index (χ4v) is 2.67. The Morgan fingerprint density at radius 1 is 1.25 bits per heavy atom. The molecule has 24 heavy (non-hydrogen) atoms. The molecule has 1 atom stereocenters. The SMILES string of the molecule is CNCCCNC(=O)C1CCCN(C(=O)c2ccncc2)C1.Cl.Cl. The number of halogens is 2. The van der Waals surface area contributed by atoms with E-state index in [1.54, 1.807) is 29.4 Å². The number of nitrogens with zero attached hydrogens (tertiary/aromatic N) is 2. The van der Waals surface area contributed by atoms with Crippen LogP contribution in [0.3, 0.4) is 0 Å². The molecular weight excluding hydrogens is 351 g/mol. The van der Waals surface area contributed by atoms with Crippen molar-refractivity contribution in [1.29, 1.82) is 0 Å². The number of aromatic nitrogens is 1. The second-order valence-corrected chi connectivity index (χ2v) is 5.57. The lowest BCUT2D eigenvalue weighted by Crippen LogP contribution is -2.45. The average molecular weight is 377 g/mol. The molecule has 1 aliphatic heterocycles. The number of nitrogens with one attached hydrogen (secondary N) is 2. The molecule has 0 aromatic carbocycles. The van der Waals surface area contributed by atoms with Crippen molar-refractivity contribution in [2.24, 2.45) is 5.92 Å². The normalized spacial score (nSPS) is 16.5. The molecule has 136 valence electrons. The lowest BCUT2D eigenvalue weighted by molar-refractivity contribution is -0.126. The van der Waals surface area contributed by atoms with Gasteiger partial charge >= 0.3 is 0 Å². The molecule has 2 rings (SSSR count). The zero-order valence-corrected chi connectivity index (χ0v) is 15.5. The van der Waals surface area contributed by atoms with Crippen molar-refractivity contribution in [3.05, 3.63) is 30.1 Å². The second-order valence-electron chi connectivity index (χ2n) is 5.57. The molecule has 1 fully saturated rings. The zero-order chi connectivity index (χ0) is 15.8. The summed E-state index contributed by atoms with van der Waals surface area (Å²) in [6, 6.07) is 3.42. The fraction of sp³-hybridized carbons (Fsp3) is 0.562. The fourth-order valence-electron chi connectivity index (χ4n) is 2.67. The number of hydrogen-bond donors (Lipinski definition) is 2. The Kier molecular flexibility index (Phi) is 11.4. The van der Waals surface area contributed by atoms with Crippen LogP contribution in [0.4, 0.5) is 0 Å². The van der Waals surface area contributed by atoms with Gasteiger partial charge in [0.05, 0.1) is 5.92 Å². The van der Waals surface area contributed by atoms with Crippen LogP contribution in [0.5, 0.6) is 0 Å². The molecular formula is C16H26Cl2N4O2. The lowest BCUT2D eigenvalue weighted by Gasteiger charge is -2.32. The monoisotopic (exact) mass is 376 g/mol. The maximum atomic E-state index is 12.4. The summed E-state index contributed by atoms with van der Waals surface area (Å²) in [4.78, 5) is 30.3. The summed E-state index contributed by atoms with van der Waals surface area (Å²) < 4.78 is 0. The van der Waals surface area contributed by atoms with Crippen molar-refractivity contribution in [1.82, 2.24) is 20.5 Å². The number of rotatable bonds is 6. The molecule has 6 nitrogen and oxygen atoms in total. The summed E-state index contributed by atoms with van der Waals surface area (Å²) in [5.74, 6) is -0.0625. The van der Waals surface area contributed by atoms with Crippen LogP contribution >= 0.6 is 24.8 Å². The highest BCUT2D eigenvalue weighted by Crippen LogP contribution is 2.18. The van der Waals surface area contributed by atoms with Gasteiger partial charge in [0.15, 0.2) is 0 Å². The molecule has 2 heterocycles. The van der Waals surface area contributed by atoms with E-state index in [4.69, 9.17) is 0 Å². The first-order valence-corrected chi connectivity index (χ1v) is 7.84. The van der Waals surface area contributed by atoms with Gasteiger partial charge in [-0.15, -0.1) is 24.8 Å². The van der Waals surface area contributed by atoms with E-state index in [9.17, 15) is 9.59 Å². The molecule has 8 heteroatoms. The van der Waals surface area contributed by atoms with Gasteiger partial charge in [-0.2, -0.15) is 0 Å². The molecule has 2 N–H and O–H groups in total. The number of pyridine rings is 1. The average Bonchev–Trinajstić information content (AvgIpc) is 2.59. The van der Waals surface area contributed by atoms with Gasteiger partial charge in [0.2, 0.25) is 5.91 Å². The third-order valence-corrected chi connectivity index (χ3v) is 3.91. The van der Waals surface area contributed by atoms with Crippen molar-refractivity contribution in [2.75, 3.05) is 33.2 Å². The number of amides is 2. The van der Waals surface area contributed by atoms with Crippen molar-refractivity contribution in [2.45, 2.75) is 19.3 Å². The van der Waals surface area contributed by atoms with Crippen LogP contribution < -0.4 is 10.6 Å². The Morgan fingerprint density at radius 3 is 2.62 bits per heavy atom. The van der Waals surface area contributed by atoms with Crippen LogP contribution in [0.1, 0.15) is 29.6 Å². The van der Waals surface area contributed by atoms with E-state index in [2.05, 4.69) is 15.6 Å². The van der Waals surface area contributed by atoms with E-state index in [-0.39, 0.29) is 42.5 Å². The Balaban J connectivity index is 0.00000264. The quantitative estimate of drug-likeness (QED) is 0.737. The van der Waals surface area contributed by atoms with Gasteiger partial charge in [0, 0.05) is 37.6 Å². The highest BCUT2D eigenvalue weighted by molar-refractivity contribution is 5.94. The molecule has 1 saturated heterocycles. The van der Waals surface area contributed by atoms with E-state index >= 15 is 0 Å². The summed E-state index contributed by atoms with van der Waals surface area (Å²) in [5.41, 5.74) is 0.630. The first kappa shape index (κ1) is 22.6. The summed E-state index contributed by atoms with van der Waals surface area (Å²) >= 11 is 0. The predicted octanol–water partition coefficient (Wildman–Crippen LogP) is 1.50. The van der Waals surface area contributed by atoms with Crippen molar-refractivity contribution in [3.8, 4) is 0 Å². The van der Waals surface area contributed by atoms with E-state index in [1.165, 1.54) is 0 Å². The second kappa shape index (κ2) is 12.1. The van der Waals surface area contributed by atoms with Gasteiger partial charge in [-0.1, -0.05) is 0 Å². The molecule has 0 saturated carbocycles. The summed E-state index contributed by atoms with van der Waals surface area (Å²) in [6.45, 7) is 2.77. The highest BCUT2D eigenvalue weighted by Gasteiger charge is 2.28. The zero-order valence-electron chi connectivity index (χ0n) is 13.9. The van der Waals surface area contributed by atoms with Gasteiger partial charge in [0.25, 0.3) is 5.91 Å². The summed E-state index contributed by atoms with van der Waals surface area (Å²) in [6.07, 6.45) is 5.85. The number of likely N-dealkylation sites (tertiary alicyclic amines) is 1. The third-order valence-electron chi connectivity index (χ3n) is 3.91. The highest BCUT2D eigenvalue weighted by atomic mass is 35.5. The van der Waals surface area contributed by atoms with E-state index in [0.29, 0.717) is 25.2 Å². The maximum Gasteiger partial charge on any atom is 0.253 e. The smallest absolute Gasteiger partial charge is 0.253 e. The van der Waals surface area contributed by atoms with Crippen LogP contribution in [-0.4, -0.2) is 54.9 Å². The first-order chi connectivity index (χ1) is 10.7. The van der Waals surface area contributed by atoms with E-state index < -0.39 is 0 Å². The minimum Gasteiger partial charge on any atom is -0.356 e. The lowest BCUT2D eigenvalue weighted by atomic mass is 9.96. The van der Waals surface area contributed by atoms with Crippen molar-refractivity contribution in [3.63, 3.8) is 0 Å². The van der Waals surface area contributed by atoms with E-state index in [1.807, 2.05) is 7.05 Å². The maximum absolute atomic E-state index is 12.4. The minimum absolute atomic E-state index is 0.